The maximum Gasteiger partial charge on any atom is 0.122 e. The van der Waals surface area contributed by atoms with E-state index in [0.717, 1.165) is 41.4 Å². The fourth-order valence-corrected chi connectivity index (χ4v) is 2.99. The van der Waals surface area contributed by atoms with Crippen molar-refractivity contribution in [2.75, 3.05) is 6.61 Å². The first-order chi connectivity index (χ1) is 8.34. The van der Waals surface area contributed by atoms with Crippen LogP contribution in [0.1, 0.15) is 29.6 Å². The van der Waals surface area contributed by atoms with E-state index < -0.39 is 0 Å². The Morgan fingerprint density at radius 1 is 1.47 bits per heavy atom. The monoisotopic (exact) mass is 246 g/mol. The second-order valence-corrected chi connectivity index (χ2v) is 5.10. The number of rotatable bonds is 2. The molecular formula is C13H14N2OS. The zero-order chi connectivity index (χ0) is 11.7. The largest absolute Gasteiger partial charge is 0.371 e. The summed E-state index contributed by atoms with van der Waals surface area (Å²) in [6.45, 7) is 2.88. The normalized spacial score (nSPS) is 19.7. The minimum absolute atomic E-state index is 0.214. The van der Waals surface area contributed by atoms with Crippen LogP contribution in [-0.4, -0.2) is 16.6 Å². The predicted octanol–water partition coefficient (Wildman–Crippen LogP) is 3.37. The van der Waals surface area contributed by atoms with E-state index in [0.29, 0.717) is 0 Å². The molecule has 1 saturated heterocycles. The van der Waals surface area contributed by atoms with Crippen molar-refractivity contribution in [2.24, 2.45) is 0 Å². The minimum Gasteiger partial charge on any atom is -0.371 e. The molecule has 0 spiro atoms. The van der Waals surface area contributed by atoms with Gasteiger partial charge in [0.1, 0.15) is 11.1 Å². The molecule has 88 valence electrons. The van der Waals surface area contributed by atoms with Crippen LogP contribution in [0.4, 0.5) is 0 Å². The predicted molar refractivity (Wildman–Crippen MR) is 68.0 cm³/mol. The summed E-state index contributed by atoms with van der Waals surface area (Å²) in [5.74, 6) is 0. The lowest BCUT2D eigenvalue weighted by Crippen LogP contribution is -1.95. The molecule has 1 atom stereocenters. The first kappa shape index (κ1) is 10.9. The molecule has 4 heteroatoms. The standard InChI is InChI=1S/C13H14N2OS/c1-9-10(4-2-6-14-9)11-8-17-13(15-11)12-5-3-7-16-12/h2,4,6,8,12H,3,5,7H2,1H3. The van der Waals surface area contributed by atoms with Gasteiger partial charge in [0, 0.05) is 29.4 Å². The van der Waals surface area contributed by atoms with Crippen LogP contribution in [0.5, 0.6) is 0 Å². The molecule has 1 aliphatic rings. The van der Waals surface area contributed by atoms with E-state index in [-0.39, 0.29) is 6.10 Å². The Morgan fingerprint density at radius 2 is 2.41 bits per heavy atom. The number of aryl methyl sites for hydroxylation is 1. The average molecular weight is 246 g/mol. The van der Waals surface area contributed by atoms with Gasteiger partial charge in [-0.05, 0) is 31.9 Å². The summed E-state index contributed by atoms with van der Waals surface area (Å²) in [6.07, 6.45) is 4.27. The molecule has 1 fully saturated rings. The molecule has 0 aromatic carbocycles. The molecule has 0 radical (unpaired) electrons. The molecule has 3 heterocycles. The van der Waals surface area contributed by atoms with E-state index in [4.69, 9.17) is 4.74 Å². The van der Waals surface area contributed by atoms with Crippen LogP contribution < -0.4 is 0 Å². The van der Waals surface area contributed by atoms with Crippen molar-refractivity contribution in [2.45, 2.75) is 25.9 Å². The van der Waals surface area contributed by atoms with Crippen molar-refractivity contribution in [1.29, 1.82) is 0 Å². The quantitative estimate of drug-likeness (QED) is 0.815. The van der Waals surface area contributed by atoms with Crippen molar-refractivity contribution >= 4 is 11.3 Å². The zero-order valence-electron chi connectivity index (χ0n) is 9.72. The second kappa shape index (κ2) is 4.55. The number of thiazole rings is 1. The maximum absolute atomic E-state index is 5.65. The Labute approximate surface area is 105 Å². The summed E-state index contributed by atoms with van der Waals surface area (Å²) in [6, 6.07) is 4.02. The van der Waals surface area contributed by atoms with Crippen LogP contribution in [0.25, 0.3) is 11.3 Å². The van der Waals surface area contributed by atoms with Gasteiger partial charge in [-0.3, -0.25) is 4.98 Å². The maximum atomic E-state index is 5.65. The summed E-state index contributed by atoms with van der Waals surface area (Å²) >= 11 is 1.69. The van der Waals surface area contributed by atoms with Crippen LogP contribution >= 0.6 is 11.3 Å². The first-order valence-corrected chi connectivity index (χ1v) is 6.71. The highest BCUT2D eigenvalue weighted by molar-refractivity contribution is 7.10. The summed E-state index contributed by atoms with van der Waals surface area (Å²) in [5.41, 5.74) is 3.16. The van der Waals surface area contributed by atoms with E-state index in [9.17, 15) is 0 Å². The Morgan fingerprint density at radius 3 is 3.18 bits per heavy atom. The molecule has 3 rings (SSSR count). The fraction of sp³-hybridized carbons (Fsp3) is 0.385. The third-order valence-corrected chi connectivity index (χ3v) is 3.95. The van der Waals surface area contributed by atoms with Crippen LogP contribution in [0.2, 0.25) is 0 Å². The van der Waals surface area contributed by atoms with Crippen LogP contribution in [0, 0.1) is 6.92 Å². The molecule has 2 aromatic heterocycles. The van der Waals surface area contributed by atoms with Crippen molar-refractivity contribution in [3.63, 3.8) is 0 Å². The fourth-order valence-electron chi connectivity index (χ4n) is 2.09. The molecule has 3 nitrogen and oxygen atoms in total. The molecule has 2 aromatic rings. The Hall–Kier alpha value is -1.26. The van der Waals surface area contributed by atoms with E-state index in [1.165, 1.54) is 0 Å². The van der Waals surface area contributed by atoms with Crippen molar-refractivity contribution in [3.05, 3.63) is 34.4 Å². The topological polar surface area (TPSA) is 35.0 Å². The lowest BCUT2D eigenvalue weighted by molar-refractivity contribution is 0.112. The van der Waals surface area contributed by atoms with Crippen LogP contribution in [0.3, 0.4) is 0 Å². The van der Waals surface area contributed by atoms with Crippen molar-refractivity contribution < 1.29 is 4.74 Å². The van der Waals surface area contributed by atoms with Gasteiger partial charge in [-0.25, -0.2) is 4.98 Å². The van der Waals surface area contributed by atoms with Gasteiger partial charge in [-0.1, -0.05) is 0 Å². The first-order valence-electron chi connectivity index (χ1n) is 5.83. The Bertz CT molecular complexity index is 518. The summed E-state index contributed by atoms with van der Waals surface area (Å²) < 4.78 is 5.65. The Kier molecular flexibility index (Phi) is 2.91. The molecule has 0 bridgehead atoms. The highest BCUT2D eigenvalue weighted by Crippen LogP contribution is 2.33. The third-order valence-electron chi connectivity index (χ3n) is 3.01. The smallest absolute Gasteiger partial charge is 0.122 e. The van der Waals surface area contributed by atoms with Gasteiger partial charge in [-0.2, -0.15) is 0 Å². The van der Waals surface area contributed by atoms with Gasteiger partial charge < -0.3 is 4.74 Å². The van der Waals surface area contributed by atoms with Crippen molar-refractivity contribution in [1.82, 2.24) is 9.97 Å². The van der Waals surface area contributed by atoms with Crippen LogP contribution in [0.15, 0.2) is 23.7 Å². The van der Waals surface area contributed by atoms with Gasteiger partial charge in [0.05, 0.1) is 5.69 Å². The highest BCUT2D eigenvalue weighted by atomic mass is 32.1. The third kappa shape index (κ3) is 2.10. The molecule has 0 N–H and O–H groups in total. The summed E-state index contributed by atoms with van der Waals surface area (Å²) in [5, 5.41) is 3.20. The molecule has 0 aliphatic carbocycles. The zero-order valence-corrected chi connectivity index (χ0v) is 10.5. The molecule has 0 saturated carbocycles. The van der Waals surface area contributed by atoms with Crippen molar-refractivity contribution in [3.8, 4) is 11.3 Å². The van der Waals surface area contributed by atoms with E-state index in [1.54, 1.807) is 11.3 Å². The number of nitrogens with zero attached hydrogens (tertiary/aromatic N) is 2. The number of hydrogen-bond acceptors (Lipinski definition) is 4. The summed E-state index contributed by atoms with van der Waals surface area (Å²) in [7, 11) is 0. The Balaban J connectivity index is 1.92. The van der Waals surface area contributed by atoms with E-state index in [2.05, 4.69) is 21.4 Å². The molecule has 1 aliphatic heterocycles. The van der Waals surface area contributed by atoms with Gasteiger partial charge in [0.2, 0.25) is 0 Å². The minimum atomic E-state index is 0.214. The van der Waals surface area contributed by atoms with Gasteiger partial charge in [0.15, 0.2) is 0 Å². The number of pyridine rings is 1. The number of hydrogen-bond donors (Lipinski definition) is 0. The van der Waals surface area contributed by atoms with Gasteiger partial charge in [0.25, 0.3) is 0 Å². The summed E-state index contributed by atoms with van der Waals surface area (Å²) in [4.78, 5) is 8.97. The molecule has 0 amide bonds. The molecule has 17 heavy (non-hydrogen) atoms. The number of ether oxygens (including phenoxy) is 1. The molecular weight excluding hydrogens is 232 g/mol. The SMILES string of the molecule is Cc1ncccc1-c1csc(C2CCCO2)n1. The van der Waals surface area contributed by atoms with Gasteiger partial charge >= 0.3 is 0 Å². The van der Waals surface area contributed by atoms with Crippen LogP contribution in [-0.2, 0) is 4.74 Å². The lowest BCUT2D eigenvalue weighted by atomic mass is 10.1. The average Bonchev–Trinajstić information content (AvgIpc) is 3.00. The van der Waals surface area contributed by atoms with E-state index >= 15 is 0 Å². The lowest BCUT2D eigenvalue weighted by Gasteiger charge is -2.04. The number of aromatic nitrogens is 2. The van der Waals surface area contributed by atoms with Gasteiger partial charge in [-0.15, -0.1) is 11.3 Å². The van der Waals surface area contributed by atoms with E-state index in [1.807, 2.05) is 19.2 Å². The second-order valence-electron chi connectivity index (χ2n) is 4.21. The molecule has 1 unspecified atom stereocenters. The highest BCUT2D eigenvalue weighted by Gasteiger charge is 2.21.